The third kappa shape index (κ3) is 4.67. The van der Waals surface area contributed by atoms with Crippen LogP contribution < -0.4 is 10.1 Å². The number of nitrogens with one attached hydrogen (secondary N) is 1. The topological polar surface area (TPSA) is 41.5 Å². The van der Waals surface area contributed by atoms with Crippen LogP contribution in [0.4, 0.5) is 0 Å². The maximum atomic E-state index is 9.63. The van der Waals surface area contributed by atoms with Gasteiger partial charge < -0.3 is 15.2 Å². The summed E-state index contributed by atoms with van der Waals surface area (Å²) in [4.78, 5) is 0. The van der Waals surface area contributed by atoms with E-state index in [9.17, 15) is 5.11 Å². The summed E-state index contributed by atoms with van der Waals surface area (Å²) in [5.41, 5.74) is 1.71. The minimum Gasteiger partial charge on any atom is -0.493 e. The smallest absolute Gasteiger partial charge is 0.122 e. The minimum absolute atomic E-state index is 0.342. The van der Waals surface area contributed by atoms with Crippen molar-refractivity contribution in [2.45, 2.75) is 45.8 Å². The van der Waals surface area contributed by atoms with Crippen molar-refractivity contribution in [1.29, 1.82) is 0 Å². The molecule has 0 saturated heterocycles. The molecule has 0 aliphatic heterocycles. The summed E-state index contributed by atoms with van der Waals surface area (Å²) < 4.78 is 5.70. The van der Waals surface area contributed by atoms with Crippen LogP contribution >= 0.6 is 0 Å². The maximum Gasteiger partial charge on any atom is 0.122 e. The molecule has 0 aliphatic rings. The Morgan fingerprint density at radius 2 is 2.06 bits per heavy atom. The van der Waals surface area contributed by atoms with E-state index in [2.05, 4.69) is 24.4 Å². The first-order valence-electron chi connectivity index (χ1n) is 6.46. The van der Waals surface area contributed by atoms with E-state index in [1.807, 2.05) is 20.0 Å². The lowest BCUT2D eigenvalue weighted by molar-refractivity contribution is 0.0552. The van der Waals surface area contributed by atoms with Gasteiger partial charge in [0.15, 0.2) is 0 Å². The van der Waals surface area contributed by atoms with Gasteiger partial charge in [-0.05, 0) is 51.9 Å². The fourth-order valence-corrected chi connectivity index (χ4v) is 1.68. The van der Waals surface area contributed by atoms with Crippen LogP contribution in [-0.4, -0.2) is 24.4 Å². The molecule has 0 aromatic heterocycles. The molecule has 3 nitrogen and oxygen atoms in total. The average molecular weight is 251 g/mol. The van der Waals surface area contributed by atoms with Gasteiger partial charge in [0.25, 0.3) is 0 Å². The van der Waals surface area contributed by atoms with Crippen LogP contribution in [0, 0.1) is 6.92 Å². The van der Waals surface area contributed by atoms with Crippen molar-refractivity contribution in [3.8, 4) is 5.75 Å². The monoisotopic (exact) mass is 251 g/mol. The Kier molecular flexibility index (Phi) is 5.17. The molecule has 0 heterocycles. The Hall–Kier alpha value is -1.06. The first kappa shape index (κ1) is 15.0. The van der Waals surface area contributed by atoms with Gasteiger partial charge in [0, 0.05) is 12.5 Å². The first-order chi connectivity index (χ1) is 8.33. The number of rotatable bonds is 6. The largest absolute Gasteiger partial charge is 0.493 e. The van der Waals surface area contributed by atoms with Gasteiger partial charge in [-0.15, -0.1) is 0 Å². The molecule has 1 aromatic rings. The average Bonchev–Trinajstić information content (AvgIpc) is 2.28. The van der Waals surface area contributed by atoms with Gasteiger partial charge in [0.2, 0.25) is 0 Å². The summed E-state index contributed by atoms with van der Waals surface area (Å²) in [7, 11) is 1.95. The van der Waals surface area contributed by atoms with Crippen molar-refractivity contribution in [2.24, 2.45) is 0 Å². The van der Waals surface area contributed by atoms with E-state index in [0.717, 1.165) is 11.3 Å². The molecule has 1 aromatic carbocycles. The van der Waals surface area contributed by atoms with Gasteiger partial charge in [0.05, 0.1) is 12.2 Å². The lowest BCUT2D eigenvalue weighted by atomic mass is 10.0. The second-order valence-corrected chi connectivity index (χ2v) is 5.45. The molecular weight excluding hydrogens is 226 g/mol. The van der Waals surface area contributed by atoms with E-state index in [0.29, 0.717) is 19.1 Å². The molecule has 0 fully saturated rings. The fraction of sp³-hybridized carbons (Fsp3) is 0.600. The van der Waals surface area contributed by atoms with Gasteiger partial charge in [-0.3, -0.25) is 0 Å². The van der Waals surface area contributed by atoms with Crippen molar-refractivity contribution in [2.75, 3.05) is 13.7 Å². The number of ether oxygens (including phenoxy) is 1. The summed E-state index contributed by atoms with van der Waals surface area (Å²) in [5.74, 6) is 0.895. The highest BCUT2D eigenvalue weighted by Gasteiger charge is 2.13. The Morgan fingerprint density at radius 3 is 2.56 bits per heavy atom. The van der Waals surface area contributed by atoms with E-state index in [1.54, 1.807) is 13.8 Å². The highest BCUT2D eigenvalue weighted by atomic mass is 16.5. The zero-order valence-corrected chi connectivity index (χ0v) is 12.1. The zero-order chi connectivity index (χ0) is 13.8. The SMILES string of the molecule is CNC(C)c1ccc(OCCC(C)(C)O)c(C)c1. The predicted octanol–water partition coefficient (Wildman–Crippen LogP) is 2.82. The van der Waals surface area contributed by atoms with E-state index in [4.69, 9.17) is 4.74 Å². The lowest BCUT2D eigenvalue weighted by Crippen LogP contribution is -2.22. The molecule has 0 bridgehead atoms. The van der Waals surface area contributed by atoms with Crippen molar-refractivity contribution in [3.05, 3.63) is 29.3 Å². The van der Waals surface area contributed by atoms with Gasteiger partial charge in [-0.1, -0.05) is 12.1 Å². The number of aliphatic hydroxyl groups is 1. The molecule has 0 saturated carbocycles. The third-order valence-electron chi connectivity index (χ3n) is 3.10. The summed E-state index contributed by atoms with van der Waals surface area (Å²) in [6.07, 6.45) is 0.626. The second-order valence-electron chi connectivity index (χ2n) is 5.45. The quantitative estimate of drug-likeness (QED) is 0.817. The Bertz CT molecular complexity index is 383. The highest BCUT2D eigenvalue weighted by molar-refractivity contribution is 5.37. The molecule has 1 atom stereocenters. The Labute approximate surface area is 110 Å². The molecular formula is C15H25NO2. The van der Waals surface area contributed by atoms with Crippen LogP contribution in [0.2, 0.25) is 0 Å². The van der Waals surface area contributed by atoms with Crippen molar-refractivity contribution < 1.29 is 9.84 Å². The normalized spacial score (nSPS) is 13.4. The van der Waals surface area contributed by atoms with Crippen LogP contribution in [0.3, 0.4) is 0 Å². The molecule has 3 heteroatoms. The minimum atomic E-state index is -0.672. The van der Waals surface area contributed by atoms with Crippen LogP contribution in [-0.2, 0) is 0 Å². The first-order valence-corrected chi connectivity index (χ1v) is 6.46. The third-order valence-corrected chi connectivity index (χ3v) is 3.10. The Balaban J connectivity index is 2.63. The van der Waals surface area contributed by atoms with E-state index < -0.39 is 5.60 Å². The molecule has 0 spiro atoms. The summed E-state index contributed by atoms with van der Waals surface area (Å²) in [6, 6.07) is 6.56. The summed E-state index contributed by atoms with van der Waals surface area (Å²) in [6.45, 7) is 8.29. The molecule has 0 radical (unpaired) electrons. The highest BCUT2D eigenvalue weighted by Crippen LogP contribution is 2.23. The zero-order valence-electron chi connectivity index (χ0n) is 12.1. The molecule has 0 aliphatic carbocycles. The Morgan fingerprint density at radius 1 is 1.39 bits per heavy atom. The van der Waals surface area contributed by atoms with E-state index in [1.165, 1.54) is 5.56 Å². The van der Waals surface area contributed by atoms with Gasteiger partial charge in [-0.2, -0.15) is 0 Å². The number of aryl methyl sites for hydroxylation is 1. The maximum absolute atomic E-state index is 9.63. The molecule has 18 heavy (non-hydrogen) atoms. The lowest BCUT2D eigenvalue weighted by Gasteiger charge is -2.18. The van der Waals surface area contributed by atoms with Crippen LogP contribution in [0.5, 0.6) is 5.75 Å². The number of hydrogen-bond acceptors (Lipinski definition) is 3. The van der Waals surface area contributed by atoms with Crippen molar-refractivity contribution >= 4 is 0 Å². The van der Waals surface area contributed by atoms with E-state index >= 15 is 0 Å². The fourth-order valence-electron chi connectivity index (χ4n) is 1.68. The summed E-state index contributed by atoms with van der Waals surface area (Å²) >= 11 is 0. The van der Waals surface area contributed by atoms with Crippen LogP contribution in [0.15, 0.2) is 18.2 Å². The standard InChI is InChI=1S/C15H25NO2/c1-11-10-13(12(2)16-5)6-7-14(11)18-9-8-15(3,4)17/h6-7,10,12,16-17H,8-9H2,1-5H3. The second kappa shape index (κ2) is 6.21. The van der Waals surface area contributed by atoms with Gasteiger partial charge in [-0.25, -0.2) is 0 Å². The van der Waals surface area contributed by atoms with Crippen LogP contribution in [0.25, 0.3) is 0 Å². The van der Waals surface area contributed by atoms with E-state index in [-0.39, 0.29) is 0 Å². The van der Waals surface area contributed by atoms with Gasteiger partial charge in [0.1, 0.15) is 5.75 Å². The molecule has 1 unspecified atom stereocenters. The number of benzene rings is 1. The van der Waals surface area contributed by atoms with Gasteiger partial charge >= 0.3 is 0 Å². The summed E-state index contributed by atoms with van der Waals surface area (Å²) in [5, 5.41) is 12.8. The molecule has 0 amide bonds. The molecule has 1 rings (SSSR count). The number of hydrogen-bond donors (Lipinski definition) is 2. The molecule has 102 valence electrons. The van der Waals surface area contributed by atoms with Crippen molar-refractivity contribution in [1.82, 2.24) is 5.32 Å². The van der Waals surface area contributed by atoms with Crippen molar-refractivity contribution in [3.63, 3.8) is 0 Å². The molecule has 2 N–H and O–H groups in total. The van der Waals surface area contributed by atoms with Crippen LogP contribution in [0.1, 0.15) is 44.4 Å². The predicted molar refractivity (Wildman–Crippen MR) is 75.1 cm³/mol.